The number of benzene rings is 1. The van der Waals surface area contributed by atoms with Crippen LogP contribution in [0.15, 0.2) is 12.1 Å². The van der Waals surface area contributed by atoms with Crippen LogP contribution in [0.1, 0.15) is 36.2 Å². The molecule has 0 spiro atoms. The summed E-state index contributed by atoms with van der Waals surface area (Å²) in [5.41, 5.74) is 5.97. The summed E-state index contributed by atoms with van der Waals surface area (Å²) < 4.78 is 23.3. The Balaban J connectivity index is 2.87. The first-order chi connectivity index (χ1) is 9.40. The first-order valence-electron chi connectivity index (χ1n) is 6.33. The fourth-order valence-corrected chi connectivity index (χ4v) is 1.55. The van der Waals surface area contributed by atoms with Crippen LogP contribution in [0.2, 0.25) is 0 Å². The summed E-state index contributed by atoms with van der Waals surface area (Å²) in [6.45, 7) is 5.04. The van der Waals surface area contributed by atoms with E-state index in [1.165, 1.54) is 13.0 Å². The number of nitrogen functional groups attached to an aromatic ring is 1. The molecule has 1 unspecified atom stereocenters. The van der Waals surface area contributed by atoms with Crippen molar-refractivity contribution in [2.75, 3.05) is 12.3 Å². The predicted molar refractivity (Wildman–Crippen MR) is 71.7 cm³/mol. The number of rotatable bonds is 5. The Hall–Kier alpha value is -2.11. The van der Waals surface area contributed by atoms with Crippen LogP contribution in [0.3, 0.4) is 0 Å². The molecular weight excluding hydrogens is 265 g/mol. The Morgan fingerprint density at radius 3 is 2.50 bits per heavy atom. The Bertz CT molecular complexity index is 493. The number of halogens is 1. The van der Waals surface area contributed by atoms with Crippen LogP contribution in [0.25, 0.3) is 0 Å². The van der Waals surface area contributed by atoms with Gasteiger partial charge in [0, 0.05) is 11.3 Å². The van der Waals surface area contributed by atoms with Crippen molar-refractivity contribution >= 4 is 17.6 Å². The lowest BCUT2D eigenvalue weighted by Crippen LogP contribution is -2.28. The van der Waals surface area contributed by atoms with E-state index in [0.29, 0.717) is 0 Å². The summed E-state index contributed by atoms with van der Waals surface area (Å²) >= 11 is 0. The van der Waals surface area contributed by atoms with E-state index in [4.69, 9.17) is 15.2 Å². The zero-order valence-corrected chi connectivity index (χ0v) is 11.7. The first kappa shape index (κ1) is 15.9. The summed E-state index contributed by atoms with van der Waals surface area (Å²) in [5, 5.41) is 0. The highest BCUT2D eigenvalue weighted by molar-refractivity contribution is 5.92. The van der Waals surface area contributed by atoms with Crippen molar-refractivity contribution in [2.24, 2.45) is 0 Å². The summed E-state index contributed by atoms with van der Waals surface area (Å²) in [4.78, 5) is 23.4. The molecule has 5 nitrogen and oxygen atoms in total. The van der Waals surface area contributed by atoms with Gasteiger partial charge in [0.05, 0.1) is 12.2 Å². The van der Waals surface area contributed by atoms with E-state index in [1.807, 2.05) is 0 Å². The minimum atomic E-state index is -1.01. The molecule has 0 heterocycles. The molecule has 1 aromatic rings. The number of carbonyl (C=O) groups is 2. The van der Waals surface area contributed by atoms with Gasteiger partial charge < -0.3 is 15.2 Å². The SMILES string of the molecule is CCOC(=O)C(CC)OC(=O)c1cc(N)c(C)c(F)c1. The van der Waals surface area contributed by atoms with Gasteiger partial charge in [0.2, 0.25) is 0 Å². The number of carbonyl (C=O) groups excluding carboxylic acids is 2. The molecule has 0 radical (unpaired) electrons. The van der Waals surface area contributed by atoms with Gasteiger partial charge in [-0.05, 0) is 32.4 Å². The molecule has 0 aromatic heterocycles. The average molecular weight is 283 g/mol. The van der Waals surface area contributed by atoms with E-state index in [9.17, 15) is 14.0 Å². The van der Waals surface area contributed by atoms with Crippen molar-refractivity contribution in [1.82, 2.24) is 0 Å². The summed E-state index contributed by atoms with van der Waals surface area (Å²) in [6, 6.07) is 2.35. The highest BCUT2D eigenvalue weighted by atomic mass is 19.1. The van der Waals surface area contributed by atoms with Crippen molar-refractivity contribution in [1.29, 1.82) is 0 Å². The fraction of sp³-hybridized carbons (Fsp3) is 0.429. The molecule has 0 aliphatic rings. The van der Waals surface area contributed by atoms with E-state index >= 15 is 0 Å². The van der Waals surface area contributed by atoms with Crippen molar-refractivity contribution in [3.63, 3.8) is 0 Å². The molecule has 0 aliphatic heterocycles. The minimum absolute atomic E-state index is 0.0339. The summed E-state index contributed by atoms with van der Waals surface area (Å²) in [6.07, 6.45) is -0.734. The molecule has 1 aromatic carbocycles. The minimum Gasteiger partial charge on any atom is -0.463 e. The third kappa shape index (κ3) is 3.69. The second-order valence-electron chi connectivity index (χ2n) is 4.23. The molecule has 1 atom stereocenters. The van der Waals surface area contributed by atoms with Crippen LogP contribution in [-0.2, 0) is 14.3 Å². The largest absolute Gasteiger partial charge is 0.463 e. The summed E-state index contributed by atoms with van der Waals surface area (Å²) in [5.74, 6) is -2.03. The van der Waals surface area contributed by atoms with Gasteiger partial charge >= 0.3 is 11.9 Å². The lowest BCUT2D eigenvalue weighted by atomic mass is 10.1. The van der Waals surface area contributed by atoms with E-state index in [-0.39, 0.29) is 29.8 Å². The van der Waals surface area contributed by atoms with Gasteiger partial charge in [-0.3, -0.25) is 0 Å². The fourth-order valence-electron chi connectivity index (χ4n) is 1.55. The van der Waals surface area contributed by atoms with Gasteiger partial charge in [-0.15, -0.1) is 0 Å². The smallest absolute Gasteiger partial charge is 0.347 e. The monoisotopic (exact) mass is 283 g/mol. The van der Waals surface area contributed by atoms with Gasteiger partial charge in [-0.2, -0.15) is 0 Å². The second kappa shape index (κ2) is 6.88. The molecule has 2 N–H and O–H groups in total. The normalized spacial score (nSPS) is 11.8. The van der Waals surface area contributed by atoms with Crippen LogP contribution >= 0.6 is 0 Å². The number of hydrogen-bond acceptors (Lipinski definition) is 5. The molecule has 1 rings (SSSR count). The zero-order chi connectivity index (χ0) is 15.3. The zero-order valence-electron chi connectivity index (χ0n) is 11.7. The second-order valence-corrected chi connectivity index (χ2v) is 4.23. The van der Waals surface area contributed by atoms with E-state index in [1.54, 1.807) is 13.8 Å². The quantitative estimate of drug-likeness (QED) is 0.662. The van der Waals surface area contributed by atoms with E-state index in [0.717, 1.165) is 6.07 Å². The maximum Gasteiger partial charge on any atom is 0.347 e. The highest BCUT2D eigenvalue weighted by Gasteiger charge is 2.23. The van der Waals surface area contributed by atoms with Gasteiger partial charge in [0.15, 0.2) is 6.10 Å². The number of esters is 2. The predicted octanol–water partition coefficient (Wildman–Crippen LogP) is 2.21. The average Bonchev–Trinajstić information content (AvgIpc) is 2.41. The van der Waals surface area contributed by atoms with Crippen LogP contribution in [0.5, 0.6) is 0 Å². The van der Waals surface area contributed by atoms with Crippen LogP contribution in [0.4, 0.5) is 10.1 Å². The van der Waals surface area contributed by atoms with E-state index < -0.39 is 23.9 Å². The highest BCUT2D eigenvalue weighted by Crippen LogP contribution is 2.19. The number of nitrogens with two attached hydrogens (primary N) is 1. The lowest BCUT2D eigenvalue weighted by molar-refractivity contribution is -0.153. The Kier molecular flexibility index (Phi) is 5.49. The Labute approximate surface area is 116 Å². The van der Waals surface area contributed by atoms with Crippen LogP contribution in [-0.4, -0.2) is 24.6 Å². The molecule has 0 saturated carbocycles. The van der Waals surface area contributed by atoms with Crippen LogP contribution < -0.4 is 5.73 Å². The lowest BCUT2D eigenvalue weighted by Gasteiger charge is -2.15. The molecule has 110 valence electrons. The number of ether oxygens (including phenoxy) is 2. The van der Waals surface area contributed by atoms with Gasteiger partial charge in [-0.1, -0.05) is 6.92 Å². The van der Waals surface area contributed by atoms with Crippen molar-refractivity contribution in [3.05, 3.63) is 29.1 Å². The number of anilines is 1. The topological polar surface area (TPSA) is 78.6 Å². The van der Waals surface area contributed by atoms with Crippen molar-refractivity contribution < 1.29 is 23.5 Å². The van der Waals surface area contributed by atoms with Gasteiger partial charge in [-0.25, -0.2) is 14.0 Å². The van der Waals surface area contributed by atoms with Crippen LogP contribution in [0, 0.1) is 12.7 Å². The third-order valence-electron chi connectivity index (χ3n) is 2.79. The summed E-state index contributed by atoms with van der Waals surface area (Å²) in [7, 11) is 0. The van der Waals surface area contributed by atoms with E-state index in [2.05, 4.69) is 0 Å². The van der Waals surface area contributed by atoms with Crippen molar-refractivity contribution in [2.45, 2.75) is 33.3 Å². The number of hydrogen-bond donors (Lipinski definition) is 1. The molecule has 0 aliphatic carbocycles. The van der Waals surface area contributed by atoms with Gasteiger partial charge in [0.25, 0.3) is 0 Å². The molecular formula is C14H18FNO4. The first-order valence-corrected chi connectivity index (χ1v) is 6.33. The maximum atomic E-state index is 13.5. The molecule has 6 heteroatoms. The molecule has 0 fully saturated rings. The molecule has 0 saturated heterocycles. The standard InChI is InChI=1S/C14H18FNO4/c1-4-12(14(18)19-5-2)20-13(17)9-6-10(15)8(3)11(16)7-9/h6-7,12H,4-5,16H2,1-3H3. The Morgan fingerprint density at radius 2 is 2.00 bits per heavy atom. The molecule has 0 amide bonds. The Morgan fingerprint density at radius 1 is 1.35 bits per heavy atom. The molecule has 0 bridgehead atoms. The molecule has 20 heavy (non-hydrogen) atoms. The maximum absolute atomic E-state index is 13.5. The van der Waals surface area contributed by atoms with Gasteiger partial charge in [0.1, 0.15) is 5.82 Å². The third-order valence-corrected chi connectivity index (χ3v) is 2.79. The van der Waals surface area contributed by atoms with Crippen molar-refractivity contribution in [3.8, 4) is 0 Å².